The molecule has 0 saturated carbocycles. The number of carboxylic acid groups (broad SMARTS) is 1. The predicted molar refractivity (Wildman–Crippen MR) is 95.0 cm³/mol. The SMILES string of the molecule is CCn1c(C)cc(C(=O)N2C[C@H](CC(=O)O)[C@H](c3cn(C)nn3)C2)c1C. The number of carbonyl (C=O) groups excluding carboxylic acids is 1. The zero-order valence-corrected chi connectivity index (χ0v) is 15.6. The first-order chi connectivity index (χ1) is 12.3. The minimum absolute atomic E-state index is 0.0129. The Balaban J connectivity index is 1.87. The quantitative estimate of drug-likeness (QED) is 0.875. The van der Waals surface area contributed by atoms with E-state index in [1.54, 1.807) is 22.8 Å². The molecule has 8 heteroatoms. The monoisotopic (exact) mass is 359 g/mol. The zero-order valence-electron chi connectivity index (χ0n) is 15.6. The maximum absolute atomic E-state index is 13.1. The Morgan fingerprint density at radius 2 is 2.04 bits per heavy atom. The summed E-state index contributed by atoms with van der Waals surface area (Å²) in [6.07, 6.45) is 1.81. The fourth-order valence-electron chi connectivity index (χ4n) is 4.01. The van der Waals surface area contributed by atoms with E-state index in [9.17, 15) is 14.7 Å². The molecule has 0 spiro atoms. The van der Waals surface area contributed by atoms with E-state index in [1.807, 2.05) is 19.9 Å². The van der Waals surface area contributed by atoms with Crippen LogP contribution in [0.1, 0.15) is 46.7 Å². The van der Waals surface area contributed by atoms with Gasteiger partial charge in [0.15, 0.2) is 0 Å². The highest BCUT2D eigenvalue weighted by Crippen LogP contribution is 2.35. The molecule has 2 atom stereocenters. The highest BCUT2D eigenvalue weighted by molar-refractivity contribution is 5.96. The van der Waals surface area contributed by atoms with Gasteiger partial charge < -0.3 is 14.6 Å². The van der Waals surface area contributed by atoms with Crippen LogP contribution < -0.4 is 0 Å². The van der Waals surface area contributed by atoms with Crippen molar-refractivity contribution < 1.29 is 14.7 Å². The van der Waals surface area contributed by atoms with Crippen LogP contribution in [0.25, 0.3) is 0 Å². The Morgan fingerprint density at radius 3 is 2.58 bits per heavy atom. The van der Waals surface area contributed by atoms with Gasteiger partial charge in [0, 0.05) is 50.2 Å². The first-order valence-corrected chi connectivity index (χ1v) is 8.85. The number of carboxylic acids is 1. The summed E-state index contributed by atoms with van der Waals surface area (Å²) < 4.78 is 3.71. The maximum Gasteiger partial charge on any atom is 0.303 e. The lowest BCUT2D eigenvalue weighted by Crippen LogP contribution is -2.29. The van der Waals surface area contributed by atoms with Crippen molar-refractivity contribution in [3.8, 4) is 0 Å². The third-order valence-corrected chi connectivity index (χ3v) is 5.29. The average molecular weight is 359 g/mol. The van der Waals surface area contributed by atoms with Crippen LogP contribution in [0, 0.1) is 19.8 Å². The molecule has 1 fully saturated rings. The third-order valence-electron chi connectivity index (χ3n) is 5.29. The number of rotatable bonds is 5. The van der Waals surface area contributed by atoms with Crippen molar-refractivity contribution in [1.82, 2.24) is 24.5 Å². The molecule has 1 aliphatic rings. The van der Waals surface area contributed by atoms with E-state index >= 15 is 0 Å². The van der Waals surface area contributed by atoms with Crippen molar-refractivity contribution in [2.45, 2.75) is 39.7 Å². The number of amides is 1. The van der Waals surface area contributed by atoms with Crippen LogP contribution in [0.4, 0.5) is 0 Å². The summed E-state index contributed by atoms with van der Waals surface area (Å²) in [6, 6.07) is 1.92. The van der Waals surface area contributed by atoms with E-state index in [-0.39, 0.29) is 24.2 Å². The number of aliphatic carboxylic acids is 1. The molecule has 3 heterocycles. The largest absolute Gasteiger partial charge is 0.481 e. The molecule has 26 heavy (non-hydrogen) atoms. The Morgan fingerprint density at radius 1 is 1.31 bits per heavy atom. The molecule has 1 N–H and O–H groups in total. The number of hydrogen-bond acceptors (Lipinski definition) is 4. The highest BCUT2D eigenvalue weighted by Gasteiger charge is 2.39. The molecule has 8 nitrogen and oxygen atoms in total. The van der Waals surface area contributed by atoms with E-state index in [4.69, 9.17) is 0 Å². The van der Waals surface area contributed by atoms with E-state index in [0.717, 1.165) is 23.6 Å². The molecule has 1 amide bonds. The lowest BCUT2D eigenvalue weighted by Gasteiger charge is -2.16. The standard InChI is InChI=1S/C18H25N5O3/c1-5-23-11(2)6-14(12(23)3)18(26)22-8-13(7-17(24)25)15(9-22)16-10-21(4)20-19-16/h6,10,13,15H,5,7-9H2,1-4H3,(H,24,25)/t13-,15+/m0/s1. The van der Waals surface area contributed by atoms with Gasteiger partial charge in [0.1, 0.15) is 0 Å². The smallest absolute Gasteiger partial charge is 0.303 e. The Bertz CT molecular complexity index is 838. The second kappa shape index (κ2) is 6.93. The van der Waals surface area contributed by atoms with Crippen LogP contribution in [-0.4, -0.2) is 54.5 Å². The molecule has 0 aliphatic carbocycles. The first kappa shape index (κ1) is 18.2. The van der Waals surface area contributed by atoms with Gasteiger partial charge in [0.2, 0.25) is 0 Å². The molecular weight excluding hydrogens is 334 g/mol. The first-order valence-electron chi connectivity index (χ1n) is 8.85. The van der Waals surface area contributed by atoms with Crippen molar-refractivity contribution in [2.24, 2.45) is 13.0 Å². The molecule has 2 aromatic heterocycles. The fourth-order valence-corrected chi connectivity index (χ4v) is 4.01. The number of hydrogen-bond donors (Lipinski definition) is 1. The van der Waals surface area contributed by atoms with Gasteiger partial charge in [-0.15, -0.1) is 5.10 Å². The van der Waals surface area contributed by atoms with Crippen LogP contribution in [0.15, 0.2) is 12.3 Å². The third kappa shape index (κ3) is 3.23. The number of likely N-dealkylation sites (tertiary alicyclic amines) is 1. The maximum atomic E-state index is 13.1. The normalized spacial score (nSPS) is 19.9. The highest BCUT2D eigenvalue weighted by atomic mass is 16.4. The summed E-state index contributed by atoms with van der Waals surface area (Å²) in [4.78, 5) is 26.1. The van der Waals surface area contributed by atoms with Crippen LogP contribution in [0.3, 0.4) is 0 Å². The van der Waals surface area contributed by atoms with Crippen LogP contribution >= 0.6 is 0 Å². The molecule has 0 radical (unpaired) electrons. The second-order valence-corrected chi connectivity index (χ2v) is 7.02. The van der Waals surface area contributed by atoms with Gasteiger partial charge in [-0.05, 0) is 32.8 Å². The summed E-state index contributed by atoms with van der Waals surface area (Å²) in [7, 11) is 1.78. The number of aromatic nitrogens is 4. The van der Waals surface area contributed by atoms with Gasteiger partial charge in [-0.25, -0.2) is 0 Å². The van der Waals surface area contributed by atoms with Crippen LogP contribution in [0.5, 0.6) is 0 Å². The minimum atomic E-state index is -0.859. The number of nitrogens with zero attached hydrogens (tertiary/aromatic N) is 5. The minimum Gasteiger partial charge on any atom is -0.481 e. The second-order valence-electron chi connectivity index (χ2n) is 7.02. The van der Waals surface area contributed by atoms with E-state index in [2.05, 4.69) is 21.8 Å². The summed E-state index contributed by atoms with van der Waals surface area (Å²) in [6.45, 7) is 7.70. The summed E-state index contributed by atoms with van der Waals surface area (Å²) >= 11 is 0. The fraction of sp³-hybridized carbons (Fsp3) is 0.556. The van der Waals surface area contributed by atoms with Crippen molar-refractivity contribution in [1.29, 1.82) is 0 Å². The molecular formula is C18H25N5O3. The van der Waals surface area contributed by atoms with Crippen LogP contribution in [-0.2, 0) is 18.4 Å². The Kier molecular flexibility index (Phi) is 4.84. The van der Waals surface area contributed by atoms with Crippen molar-refractivity contribution in [3.63, 3.8) is 0 Å². The molecule has 1 saturated heterocycles. The molecule has 2 aromatic rings. The lowest BCUT2D eigenvalue weighted by molar-refractivity contribution is -0.138. The molecule has 3 rings (SSSR count). The van der Waals surface area contributed by atoms with Crippen LogP contribution in [0.2, 0.25) is 0 Å². The zero-order chi connectivity index (χ0) is 19.0. The Labute approximate surface area is 152 Å². The number of aryl methyl sites for hydroxylation is 2. The lowest BCUT2D eigenvalue weighted by atomic mass is 9.91. The van der Waals surface area contributed by atoms with Gasteiger partial charge >= 0.3 is 5.97 Å². The molecule has 0 unspecified atom stereocenters. The Hall–Kier alpha value is -2.64. The van der Waals surface area contributed by atoms with Crippen molar-refractivity contribution in [2.75, 3.05) is 13.1 Å². The van der Waals surface area contributed by atoms with Gasteiger partial charge in [-0.3, -0.25) is 14.3 Å². The molecule has 140 valence electrons. The van der Waals surface area contributed by atoms with Gasteiger partial charge in [-0.1, -0.05) is 5.21 Å². The summed E-state index contributed by atoms with van der Waals surface area (Å²) in [5, 5.41) is 17.4. The topological polar surface area (TPSA) is 93.2 Å². The molecule has 0 aromatic carbocycles. The van der Waals surface area contributed by atoms with Crippen molar-refractivity contribution in [3.05, 3.63) is 34.9 Å². The van der Waals surface area contributed by atoms with Gasteiger partial charge in [-0.2, -0.15) is 0 Å². The predicted octanol–water partition coefficient (Wildman–Crippen LogP) is 1.58. The van der Waals surface area contributed by atoms with Gasteiger partial charge in [0.25, 0.3) is 5.91 Å². The molecule has 0 bridgehead atoms. The van der Waals surface area contributed by atoms with Crippen molar-refractivity contribution >= 4 is 11.9 Å². The van der Waals surface area contributed by atoms with E-state index in [1.165, 1.54) is 0 Å². The summed E-state index contributed by atoms with van der Waals surface area (Å²) in [5.41, 5.74) is 3.44. The van der Waals surface area contributed by atoms with E-state index in [0.29, 0.717) is 18.7 Å². The van der Waals surface area contributed by atoms with E-state index < -0.39 is 5.97 Å². The number of carbonyl (C=O) groups is 2. The average Bonchev–Trinajstić information content (AvgIpc) is 3.24. The summed E-state index contributed by atoms with van der Waals surface area (Å²) in [5.74, 6) is -1.18. The van der Waals surface area contributed by atoms with Gasteiger partial charge in [0.05, 0.1) is 17.7 Å². The molecule has 1 aliphatic heterocycles.